The first-order valence-electron chi connectivity index (χ1n) is 5.85. The van der Waals surface area contributed by atoms with Gasteiger partial charge >= 0.3 is 0 Å². The number of rotatable bonds is 4. The minimum absolute atomic E-state index is 0.372. The maximum Gasteiger partial charge on any atom is 0.0798 e. The molecule has 1 unspecified atom stereocenters. The number of benzene rings is 1. The van der Waals surface area contributed by atoms with Crippen molar-refractivity contribution in [1.29, 1.82) is 0 Å². The molecule has 1 aromatic heterocycles. The van der Waals surface area contributed by atoms with E-state index in [1.165, 1.54) is 16.0 Å². The molecule has 2 aromatic rings. The summed E-state index contributed by atoms with van der Waals surface area (Å²) in [6, 6.07) is 9.06. The second-order valence-electron chi connectivity index (χ2n) is 4.37. The third kappa shape index (κ3) is 3.14. The molecular weight excluding hydrogens is 228 g/mol. The lowest BCUT2D eigenvalue weighted by atomic mass is 10.1. The molecule has 0 fully saturated rings. The minimum atomic E-state index is 0.372. The highest BCUT2D eigenvalue weighted by molar-refractivity contribution is 7.09. The van der Waals surface area contributed by atoms with Gasteiger partial charge < -0.3 is 5.32 Å². The quantitative estimate of drug-likeness (QED) is 0.891. The van der Waals surface area contributed by atoms with Crippen LogP contribution in [0.25, 0.3) is 0 Å². The summed E-state index contributed by atoms with van der Waals surface area (Å²) in [5.41, 5.74) is 5.68. The normalized spacial score (nSPS) is 12.6. The fourth-order valence-corrected chi connectivity index (χ4v) is 2.44. The van der Waals surface area contributed by atoms with Crippen LogP contribution in [0.15, 0.2) is 29.8 Å². The lowest BCUT2D eigenvalue weighted by Crippen LogP contribution is -2.17. The Morgan fingerprint density at radius 3 is 2.53 bits per heavy atom. The van der Waals surface area contributed by atoms with Crippen molar-refractivity contribution < 1.29 is 0 Å². The van der Waals surface area contributed by atoms with Gasteiger partial charge in [0.2, 0.25) is 0 Å². The molecule has 1 aromatic carbocycles. The summed E-state index contributed by atoms with van der Waals surface area (Å²) in [6.45, 7) is 7.26. The van der Waals surface area contributed by atoms with E-state index >= 15 is 0 Å². The molecule has 0 spiro atoms. The molecule has 17 heavy (non-hydrogen) atoms. The minimum Gasteiger partial charge on any atom is -0.305 e. The van der Waals surface area contributed by atoms with Crippen molar-refractivity contribution in [3.05, 3.63) is 51.5 Å². The van der Waals surface area contributed by atoms with Gasteiger partial charge in [-0.1, -0.05) is 29.8 Å². The van der Waals surface area contributed by atoms with Crippen LogP contribution in [0.5, 0.6) is 0 Å². The van der Waals surface area contributed by atoms with Gasteiger partial charge in [-0.2, -0.15) is 0 Å². The second kappa shape index (κ2) is 5.43. The zero-order chi connectivity index (χ0) is 12.3. The number of hydrogen-bond acceptors (Lipinski definition) is 3. The number of thiazole rings is 1. The molecule has 90 valence electrons. The average Bonchev–Trinajstić information content (AvgIpc) is 2.73. The summed E-state index contributed by atoms with van der Waals surface area (Å²) in [5.74, 6) is 0. The number of aromatic nitrogens is 1. The Morgan fingerprint density at radius 1 is 1.24 bits per heavy atom. The van der Waals surface area contributed by atoms with E-state index in [-0.39, 0.29) is 0 Å². The van der Waals surface area contributed by atoms with Crippen molar-refractivity contribution in [1.82, 2.24) is 10.3 Å². The number of nitrogens with one attached hydrogen (secondary N) is 1. The Bertz CT molecular complexity index is 473. The first-order valence-corrected chi connectivity index (χ1v) is 6.73. The van der Waals surface area contributed by atoms with Crippen LogP contribution >= 0.6 is 11.3 Å². The molecule has 1 atom stereocenters. The van der Waals surface area contributed by atoms with E-state index < -0.39 is 0 Å². The highest BCUT2D eigenvalue weighted by Gasteiger charge is 2.06. The second-order valence-corrected chi connectivity index (χ2v) is 5.31. The fraction of sp³-hybridized carbons (Fsp3) is 0.357. The zero-order valence-corrected chi connectivity index (χ0v) is 11.3. The standard InChI is InChI=1S/C14H18N2S/c1-10-4-6-13(7-5-10)11(2)15-8-14-12(3)16-9-17-14/h4-7,9,11,15H,8H2,1-3H3. The van der Waals surface area contributed by atoms with Crippen LogP contribution in [0, 0.1) is 13.8 Å². The van der Waals surface area contributed by atoms with E-state index in [2.05, 4.69) is 55.3 Å². The van der Waals surface area contributed by atoms with Gasteiger partial charge in [-0.15, -0.1) is 11.3 Å². The Hall–Kier alpha value is -1.19. The van der Waals surface area contributed by atoms with Crippen LogP contribution < -0.4 is 5.32 Å². The SMILES string of the molecule is Cc1ccc(C(C)NCc2scnc2C)cc1. The van der Waals surface area contributed by atoms with E-state index in [1.807, 2.05) is 5.51 Å². The molecule has 0 aliphatic rings. The van der Waals surface area contributed by atoms with Gasteiger partial charge in [-0.3, -0.25) is 0 Å². The van der Waals surface area contributed by atoms with E-state index in [1.54, 1.807) is 11.3 Å². The predicted molar refractivity (Wildman–Crippen MR) is 73.3 cm³/mol. The van der Waals surface area contributed by atoms with Crippen LogP contribution in [0.1, 0.15) is 34.7 Å². The van der Waals surface area contributed by atoms with Crippen LogP contribution in [-0.2, 0) is 6.54 Å². The van der Waals surface area contributed by atoms with E-state index in [4.69, 9.17) is 0 Å². The lowest BCUT2D eigenvalue weighted by Gasteiger charge is -2.14. The molecule has 0 aliphatic heterocycles. The average molecular weight is 246 g/mol. The topological polar surface area (TPSA) is 24.9 Å². The summed E-state index contributed by atoms with van der Waals surface area (Å²) >= 11 is 1.72. The summed E-state index contributed by atoms with van der Waals surface area (Å²) in [6.07, 6.45) is 0. The van der Waals surface area contributed by atoms with Crippen LogP contribution in [0.3, 0.4) is 0 Å². The van der Waals surface area contributed by atoms with Gasteiger partial charge in [-0.05, 0) is 26.3 Å². The van der Waals surface area contributed by atoms with Gasteiger partial charge in [0, 0.05) is 17.5 Å². The van der Waals surface area contributed by atoms with Gasteiger partial charge in [0.25, 0.3) is 0 Å². The maximum atomic E-state index is 4.26. The van der Waals surface area contributed by atoms with Crippen molar-refractivity contribution in [2.45, 2.75) is 33.4 Å². The molecule has 0 saturated heterocycles. The molecule has 2 nitrogen and oxygen atoms in total. The van der Waals surface area contributed by atoms with E-state index in [0.29, 0.717) is 6.04 Å². The van der Waals surface area contributed by atoms with Crippen LogP contribution in [-0.4, -0.2) is 4.98 Å². The molecule has 0 radical (unpaired) electrons. The summed E-state index contributed by atoms with van der Waals surface area (Å²) in [7, 11) is 0. The molecule has 2 rings (SSSR count). The van der Waals surface area contributed by atoms with Crippen molar-refractivity contribution >= 4 is 11.3 Å². The Balaban J connectivity index is 1.95. The Labute approximate surface area is 107 Å². The largest absolute Gasteiger partial charge is 0.305 e. The van der Waals surface area contributed by atoms with Crippen LogP contribution in [0.4, 0.5) is 0 Å². The molecule has 1 heterocycles. The summed E-state index contributed by atoms with van der Waals surface area (Å²) in [4.78, 5) is 5.58. The molecule has 0 aliphatic carbocycles. The number of aryl methyl sites for hydroxylation is 2. The monoisotopic (exact) mass is 246 g/mol. The van der Waals surface area contributed by atoms with E-state index in [9.17, 15) is 0 Å². The predicted octanol–water partition coefficient (Wildman–Crippen LogP) is 3.61. The molecule has 0 saturated carbocycles. The smallest absolute Gasteiger partial charge is 0.0798 e. The highest BCUT2D eigenvalue weighted by atomic mass is 32.1. The molecular formula is C14H18N2S. The summed E-state index contributed by atoms with van der Waals surface area (Å²) in [5, 5.41) is 3.53. The molecule has 1 N–H and O–H groups in total. The number of nitrogens with zero attached hydrogens (tertiary/aromatic N) is 1. The number of hydrogen-bond donors (Lipinski definition) is 1. The first-order chi connectivity index (χ1) is 8.16. The van der Waals surface area contributed by atoms with Crippen molar-refractivity contribution in [2.75, 3.05) is 0 Å². The zero-order valence-electron chi connectivity index (χ0n) is 10.5. The Kier molecular flexibility index (Phi) is 3.92. The van der Waals surface area contributed by atoms with Crippen molar-refractivity contribution in [2.24, 2.45) is 0 Å². The lowest BCUT2D eigenvalue weighted by molar-refractivity contribution is 0.577. The van der Waals surface area contributed by atoms with E-state index in [0.717, 1.165) is 12.2 Å². The Morgan fingerprint density at radius 2 is 1.94 bits per heavy atom. The fourth-order valence-electron chi connectivity index (χ4n) is 1.71. The van der Waals surface area contributed by atoms with Crippen molar-refractivity contribution in [3.8, 4) is 0 Å². The first kappa shape index (κ1) is 12.3. The maximum absolute atomic E-state index is 4.26. The summed E-state index contributed by atoms with van der Waals surface area (Å²) < 4.78 is 0. The molecule has 0 amide bonds. The van der Waals surface area contributed by atoms with Gasteiger partial charge in [0.05, 0.1) is 11.2 Å². The van der Waals surface area contributed by atoms with Gasteiger partial charge in [0.15, 0.2) is 0 Å². The molecule has 0 bridgehead atoms. The van der Waals surface area contributed by atoms with Gasteiger partial charge in [0.1, 0.15) is 0 Å². The van der Waals surface area contributed by atoms with Crippen molar-refractivity contribution in [3.63, 3.8) is 0 Å². The highest BCUT2D eigenvalue weighted by Crippen LogP contribution is 2.16. The molecule has 3 heteroatoms. The third-order valence-electron chi connectivity index (χ3n) is 2.99. The van der Waals surface area contributed by atoms with Gasteiger partial charge in [-0.25, -0.2) is 4.98 Å². The third-order valence-corrected chi connectivity index (χ3v) is 3.93. The van der Waals surface area contributed by atoms with Crippen LogP contribution in [0.2, 0.25) is 0 Å².